The number of carboxylic acids is 1. The number of hydrogen-bond acceptors (Lipinski definition) is 4. The number of thioether (sulfide) groups is 1. The molecule has 1 aromatic rings. The standard InChI is InChI=1S/C16H15BrN2O4S/c17-7-10-8-24-15-12(14(21)19(15)13(10)16(22)23)18-11(20)6-9-4-2-1-3-5-9/h1-5,12,15H,6-8H2,(H,18,20)(H,22,23)/t12?,15-/m0/s1. The number of rotatable bonds is 5. The average Bonchev–Trinajstić information content (AvgIpc) is 2.58. The molecular formula is C16H15BrN2O4S. The summed E-state index contributed by atoms with van der Waals surface area (Å²) in [6.45, 7) is 0. The van der Waals surface area contributed by atoms with Crippen LogP contribution < -0.4 is 5.32 Å². The number of alkyl halides is 1. The molecule has 0 bridgehead atoms. The summed E-state index contributed by atoms with van der Waals surface area (Å²) in [4.78, 5) is 37.2. The summed E-state index contributed by atoms with van der Waals surface area (Å²) in [5, 5.41) is 12.2. The number of β-lactam (4-membered cyclic amide) rings is 1. The molecule has 1 saturated heterocycles. The van der Waals surface area contributed by atoms with Crippen LogP contribution in [0.5, 0.6) is 0 Å². The topological polar surface area (TPSA) is 86.7 Å². The molecule has 8 heteroatoms. The highest BCUT2D eigenvalue weighted by molar-refractivity contribution is 9.09. The second kappa shape index (κ2) is 6.98. The Bertz CT molecular complexity index is 722. The minimum atomic E-state index is -1.11. The number of carbonyl (C=O) groups is 3. The molecule has 0 aromatic heterocycles. The molecule has 24 heavy (non-hydrogen) atoms. The fourth-order valence-electron chi connectivity index (χ4n) is 2.79. The smallest absolute Gasteiger partial charge is 0.352 e. The van der Waals surface area contributed by atoms with Crippen LogP contribution in [0, 0.1) is 0 Å². The van der Waals surface area contributed by atoms with Gasteiger partial charge in [-0.1, -0.05) is 46.3 Å². The number of carbonyl (C=O) groups excluding carboxylic acids is 2. The minimum Gasteiger partial charge on any atom is -0.477 e. The Morgan fingerprint density at radius 1 is 1.33 bits per heavy atom. The summed E-state index contributed by atoms with van der Waals surface area (Å²) in [5.41, 5.74) is 1.57. The van der Waals surface area contributed by atoms with Crippen molar-refractivity contribution in [3.8, 4) is 0 Å². The van der Waals surface area contributed by atoms with Crippen LogP contribution in [0.1, 0.15) is 5.56 Å². The molecule has 2 N–H and O–H groups in total. The minimum absolute atomic E-state index is 0.0363. The van der Waals surface area contributed by atoms with Gasteiger partial charge < -0.3 is 10.4 Å². The molecule has 6 nitrogen and oxygen atoms in total. The van der Waals surface area contributed by atoms with Gasteiger partial charge in [0.15, 0.2) is 0 Å². The Labute approximate surface area is 151 Å². The van der Waals surface area contributed by atoms with Gasteiger partial charge in [0, 0.05) is 11.1 Å². The highest BCUT2D eigenvalue weighted by Gasteiger charge is 2.53. The van der Waals surface area contributed by atoms with Gasteiger partial charge >= 0.3 is 5.97 Å². The molecule has 0 saturated carbocycles. The van der Waals surface area contributed by atoms with E-state index in [-0.39, 0.29) is 29.3 Å². The third-order valence-electron chi connectivity index (χ3n) is 3.94. The maximum absolute atomic E-state index is 12.3. The van der Waals surface area contributed by atoms with Crippen LogP contribution in [0.3, 0.4) is 0 Å². The normalized spacial score (nSPS) is 22.7. The van der Waals surface area contributed by atoms with Crippen molar-refractivity contribution in [2.24, 2.45) is 0 Å². The molecule has 0 spiro atoms. The molecule has 1 fully saturated rings. The summed E-state index contributed by atoms with van der Waals surface area (Å²) in [6, 6.07) is 8.59. The molecule has 2 aliphatic rings. The van der Waals surface area contributed by atoms with E-state index in [9.17, 15) is 19.5 Å². The van der Waals surface area contributed by atoms with E-state index in [4.69, 9.17) is 0 Å². The van der Waals surface area contributed by atoms with Gasteiger partial charge in [0.1, 0.15) is 17.1 Å². The number of hydrogen-bond donors (Lipinski definition) is 2. The second-order valence-electron chi connectivity index (χ2n) is 5.51. The first-order valence-corrected chi connectivity index (χ1v) is 9.49. The van der Waals surface area contributed by atoms with Gasteiger partial charge in [0.2, 0.25) is 5.91 Å². The molecule has 1 unspecified atom stereocenters. The first-order chi connectivity index (χ1) is 11.5. The van der Waals surface area contributed by atoms with E-state index in [0.29, 0.717) is 16.7 Å². The van der Waals surface area contributed by atoms with Crippen molar-refractivity contribution in [2.75, 3.05) is 11.1 Å². The number of amides is 2. The zero-order valence-corrected chi connectivity index (χ0v) is 15.0. The van der Waals surface area contributed by atoms with Crippen molar-refractivity contribution in [1.82, 2.24) is 10.2 Å². The largest absolute Gasteiger partial charge is 0.477 e. The molecule has 1 aromatic carbocycles. The highest BCUT2D eigenvalue weighted by atomic mass is 79.9. The summed E-state index contributed by atoms with van der Waals surface area (Å²) >= 11 is 4.73. The predicted molar refractivity (Wildman–Crippen MR) is 93.6 cm³/mol. The lowest BCUT2D eigenvalue weighted by Crippen LogP contribution is -2.70. The third kappa shape index (κ3) is 3.08. The van der Waals surface area contributed by atoms with E-state index in [1.165, 1.54) is 16.7 Å². The third-order valence-corrected chi connectivity index (χ3v) is 5.95. The van der Waals surface area contributed by atoms with Crippen LogP contribution in [0.2, 0.25) is 0 Å². The van der Waals surface area contributed by atoms with E-state index in [2.05, 4.69) is 21.2 Å². The number of nitrogens with one attached hydrogen (secondary N) is 1. The zero-order valence-electron chi connectivity index (χ0n) is 12.6. The van der Waals surface area contributed by atoms with Crippen LogP contribution in [0.25, 0.3) is 0 Å². The summed E-state index contributed by atoms with van der Waals surface area (Å²) in [6.07, 6.45) is 0.191. The van der Waals surface area contributed by atoms with E-state index in [1.807, 2.05) is 30.3 Å². The number of halogens is 1. The lowest BCUT2D eigenvalue weighted by atomic mass is 10.0. The van der Waals surface area contributed by atoms with Gasteiger partial charge in [0.25, 0.3) is 5.91 Å². The van der Waals surface area contributed by atoms with E-state index >= 15 is 0 Å². The van der Waals surface area contributed by atoms with Crippen LogP contribution in [-0.4, -0.2) is 50.3 Å². The number of nitrogens with zero attached hydrogens (tertiary/aromatic N) is 1. The molecule has 2 heterocycles. The van der Waals surface area contributed by atoms with Crippen molar-refractivity contribution < 1.29 is 19.5 Å². The number of fused-ring (bicyclic) bond motifs is 1. The maximum atomic E-state index is 12.3. The van der Waals surface area contributed by atoms with Crippen molar-refractivity contribution in [3.63, 3.8) is 0 Å². The Kier molecular flexibility index (Phi) is 4.96. The van der Waals surface area contributed by atoms with Crippen molar-refractivity contribution in [2.45, 2.75) is 17.8 Å². The zero-order chi connectivity index (χ0) is 17.3. The predicted octanol–water partition coefficient (Wildman–Crippen LogP) is 1.36. The molecule has 3 rings (SSSR count). The van der Waals surface area contributed by atoms with Crippen LogP contribution in [-0.2, 0) is 20.8 Å². The van der Waals surface area contributed by atoms with Gasteiger partial charge in [-0.25, -0.2) is 4.79 Å². The number of benzene rings is 1. The quantitative estimate of drug-likeness (QED) is 0.565. The molecule has 0 aliphatic carbocycles. The molecule has 2 aliphatic heterocycles. The number of aliphatic carboxylic acids is 1. The van der Waals surface area contributed by atoms with Crippen LogP contribution in [0.4, 0.5) is 0 Å². The van der Waals surface area contributed by atoms with E-state index in [1.54, 1.807) is 0 Å². The lowest BCUT2D eigenvalue weighted by Gasteiger charge is -2.49. The van der Waals surface area contributed by atoms with Gasteiger partial charge in [0.05, 0.1) is 6.42 Å². The Balaban J connectivity index is 1.69. The molecular weight excluding hydrogens is 396 g/mol. The molecule has 0 radical (unpaired) electrons. The van der Waals surface area contributed by atoms with E-state index < -0.39 is 12.0 Å². The SMILES string of the molecule is O=C(Cc1ccccc1)NC1C(=O)N2C(C(=O)O)=C(CBr)CS[C@@H]12. The Morgan fingerprint density at radius 3 is 2.67 bits per heavy atom. The molecule has 2 amide bonds. The highest BCUT2D eigenvalue weighted by Crippen LogP contribution is 2.40. The molecule has 126 valence electrons. The fraction of sp³-hybridized carbons (Fsp3) is 0.312. The van der Waals surface area contributed by atoms with Crippen molar-refractivity contribution >= 4 is 45.5 Å². The van der Waals surface area contributed by atoms with Crippen molar-refractivity contribution in [1.29, 1.82) is 0 Å². The first kappa shape index (κ1) is 17.0. The number of carboxylic acid groups (broad SMARTS) is 1. The maximum Gasteiger partial charge on any atom is 0.352 e. The van der Waals surface area contributed by atoms with E-state index in [0.717, 1.165) is 5.56 Å². The fourth-order valence-corrected chi connectivity index (χ4v) is 4.86. The monoisotopic (exact) mass is 410 g/mol. The van der Waals surface area contributed by atoms with Gasteiger partial charge in [-0.15, -0.1) is 11.8 Å². The van der Waals surface area contributed by atoms with Crippen LogP contribution in [0.15, 0.2) is 41.6 Å². The van der Waals surface area contributed by atoms with Gasteiger partial charge in [-0.2, -0.15) is 0 Å². The lowest BCUT2D eigenvalue weighted by molar-refractivity contribution is -0.150. The Hall–Kier alpha value is -1.80. The second-order valence-corrected chi connectivity index (χ2v) is 7.17. The summed E-state index contributed by atoms with van der Waals surface area (Å²) in [7, 11) is 0. The summed E-state index contributed by atoms with van der Waals surface area (Å²) in [5.74, 6) is -1.21. The molecule has 2 atom stereocenters. The first-order valence-electron chi connectivity index (χ1n) is 7.32. The van der Waals surface area contributed by atoms with Crippen LogP contribution >= 0.6 is 27.7 Å². The van der Waals surface area contributed by atoms with Gasteiger partial charge in [-0.3, -0.25) is 14.5 Å². The average molecular weight is 411 g/mol. The van der Waals surface area contributed by atoms with Crippen molar-refractivity contribution in [3.05, 3.63) is 47.2 Å². The Morgan fingerprint density at radius 2 is 2.04 bits per heavy atom. The van der Waals surface area contributed by atoms with Gasteiger partial charge in [-0.05, 0) is 11.1 Å². The summed E-state index contributed by atoms with van der Waals surface area (Å²) < 4.78 is 0.